The first-order valence-electron chi connectivity index (χ1n) is 13.4. The molecule has 0 aliphatic heterocycles. The maximum absolute atomic E-state index is 13.0. The van der Waals surface area contributed by atoms with Gasteiger partial charge in [0.25, 0.3) is 0 Å². The molecule has 7 heteroatoms. The maximum Gasteiger partial charge on any atom is 0.407 e. The molecule has 2 aliphatic carbocycles. The molecule has 0 bridgehead atoms. The number of benzene rings is 2. The van der Waals surface area contributed by atoms with E-state index in [4.69, 9.17) is 4.74 Å². The molecule has 1 amide bonds. The van der Waals surface area contributed by atoms with Crippen molar-refractivity contribution < 1.29 is 29.6 Å². The van der Waals surface area contributed by atoms with Gasteiger partial charge in [0.2, 0.25) is 0 Å². The number of hydrogen-bond donors (Lipinski definition) is 4. The summed E-state index contributed by atoms with van der Waals surface area (Å²) in [6, 6.07) is 15.6. The van der Waals surface area contributed by atoms with E-state index in [1.807, 2.05) is 24.3 Å². The summed E-state index contributed by atoms with van der Waals surface area (Å²) in [5, 5.41) is 33.9. The number of carbonyl (C=O) groups is 2. The van der Waals surface area contributed by atoms with Gasteiger partial charge in [-0.05, 0) is 54.9 Å². The number of rotatable bonds is 10. The molecule has 200 valence electrons. The van der Waals surface area contributed by atoms with E-state index in [0.717, 1.165) is 47.9 Å². The minimum atomic E-state index is -1.51. The summed E-state index contributed by atoms with van der Waals surface area (Å²) in [7, 11) is 0. The van der Waals surface area contributed by atoms with Crippen LogP contribution in [-0.2, 0) is 9.53 Å². The van der Waals surface area contributed by atoms with Crippen molar-refractivity contribution >= 4 is 12.1 Å². The highest BCUT2D eigenvalue weighted by atomic mass is 16.5. The van der Waals surface area contributed by atoms with Gasteiger partial charge in [0, 0.05) is 5.92 Å². The number of alkyl carbamates (subject to hydrolysis) is 1. The number of carboxylic acid groups (broad SMARTS) is 1. The highest BCUT2D eigenvalue weighted by Gasteiger charge is 2.38. The van der Waals surface area contributed by atoms with Crippen LogP contribution in [0.2, 0.25) is 0 Å². The Hall–Kier alpha value is -2.90. The summed E-state index contributed by atoms with van der Waals surface area (Å²) in [4.78, 5) is 24.8. The Labute approximate surface area is 218 Å². The molecule has 0 unspecified atom stereocenters. The number of ether oxygens (including phenoxy) is 1. The Morgan fingerprint density at radius 3 is 2.11 bits per heavy atom. The van der Waals surface area contributed by atoms with E-state index in [2.05, 4.69) is 29.6 Å². The molecule has 1 saturated carbocycles. The van der Waals surface area contributed by atoms with E-state index >= 15 is 0 Å². The van der Waals surface area contributed by atoms with Crippen LogP contribution < -0.4 is 5.32 Å². The first kappa shape index (κ1) is 27.1. The predicted octanol–water partition coefficient (Wildman–Crippen LogP) is 5.09. The summed E-state index contributed by atoms with van der Waals surface area (Å²) in [5.41, 5.74) is 3.01. The molecule has 3 atom stereocenters. The molecule has 0 radical (unpaired) electrons. The summed E-state index contributed by atoms with van der Waals surface area (Å²) < 4.78 is 5.70. The number of amides is 1. The number of aliphatic carboxylic acids is 1. The number of aliphatic hydroxyl groups is 2. The molecule has 1 fully saturated rings. The van der Waals surface area contributed by atoms with Crippen molar-refractivity contribution in [3.05, 3.63) is 59.7 Å². The van der Waals surface area contributed by atoms with Crippen LogP contribution in [0.1, 0.15) is 75.8 Å². The molecule has 0 aromatic heterocycles. The average Bonchev–Trinajstić information content (AvgIpc) is 3.19. The summed E-state index contributed by atoms with van der Waals surface area (Å²) in [6.45, 7) is 3.01. The first-order chi connectivity index (χ1) is 17.6. The predicted molar refractivity (Wildman–Crippen MR) is 141 cm³/mol. The largest absolute Gasteiger partial charge is 0.481 e. The summed E-state index contributed by atoms with van der Waals surface area (Å²) in [6.07, 6.45) is 4.06. The molecule has 7 nitrogen and oxygen atoms in total. The van der Waals surface area contributed by atoms with Crippen molar-refractivity contribution in [3.8, 4) is 11.1 Å². The number of aliphatic hydroxyl groups excluding tert-OH is 1. The van der Waals surface area contributed by atoms with Gasteiger partial charge in [-0.1, -0.05) is 80.6 Å². The topological polar surface area (TPSA) is 116 Å². The number of fused-ring (bicyclic) bond motifs is 3. The molecule has 0 heterocycles. The quantitative estimate of drug-likeness (QED) is 0.355. The van der Waals surface area contributed by atoms with E-state index < -0.39 is 35.7 Å². The molecule has 4 N–H and O–H groups in total. The molecular formula is C30H39NO6. The SMILES string of the molecule is CC(C)(O)[C@H](C[C@H](O)[C@H](CC1CCCCC1)NC(=O)OCC1c2ccccc2-c2ccccc21)C(=O)O. The maximum atomic E-state index is 13.0. The van der Waals surface area contributed by atoms with E-state index in [0.29, 0.717) is 12.3 Å². The van der Waals surface area contributed by atoms with Gasteiger partial charge in [-0.25, -0.2) is 4.79 Å². The van der Waals surface area contributed by atoms with Gasteiger partial charge < -0.3 is 25.4 Å². The van der Waals surface area contributed by atoms with Crippen LogP contribution in [0.5, 0.6) is 0 Å². The van der Waals surface area contributed by atoms with Gasteiger partial charge in [0.05, 0.1) is 23.7 Å². The average molecular weight is 510 g/mol. The van der Waals surface area contributed by atoms with Crippen LogP contribution >= 0.6 is 0 Å². The van der Waals surface area contributed by atoms with Gasteiger partial charge in [0.15, 0.2) is 0 Å². The van der Waals surface area contributed by atoms with Gasteiger partial charge in [0.1, 0.15) is 6.61 Å². The number of hydrogen-bond acceptors (Lipinski definition) is 5. The van der Waals surface area contributed by atoms with E-state index in [1.54, 1.807) is 0 Å². The minimum Gasteiger partial charge on any atom is -0.481 e. The van der Waals surface area contributed by atoms with Crippen LogP contribution in [0, 0.1) is 11.8 Å². The lowest BCUT2D eigenvalue weighted by Gasteiger charge is -2.33. The zero-order valence-electron chi connectivity index (χ0n) is 21.7. The molecule has 37 heavy (non-hydrogen) atoms. The third-order valence-electron chi connectivity index (χ3n) is 8.05. The van der Waals surface area contributed by atoms with Crippen LogP contribution in [0.3, 0.4) is 0 Å². The van der Waals surface area contributed by atoms with Gasteiger partial charge in [-0.2, -0.15) is 0 Å². The second-order valence-electron chi connectivity index (χ2n) is 11.2. The standard InChI is InChI=1S/C30H39NO6/c1-30(2,36)25(28(33)34)17-27(32)26(16-19-10-4-3-5-11-19)31-29(35)37-18-24-22-14-8-6-12-20(22)21-13-7-9-15-23(21)24/h6-9,12-15,19,24-27,32,36H,3-5,10-11,16-18H2,1-2H3,(H,31,35)(H,33,34)/t25-,26+,27+/m1/s1. The van der Waals surface area contributed by atoms with Crippen LogP contribution in [0.15, 0.2) is 48.5 Å². The lowest BCUT2D eigenvalue weighted by molar-refractivity contribution is -0.152. The Balaban J connectivity index is 1.44. The Morgan fingerprint density at radius 2 is 1.57 bits per heavy atom. The van der Waals surface area contributed by atoms with E-state index in [9.17, 15) is 24.9 Å². The summed E-state index contributed by atoms with van der Waals surface area (Å²) in [5.74, 6) is -2.08. The Morgan fingerprint density at radius 1 is 1.00 bits per heavy atom. The van der Waals surface area contributed by atoms with Crippen molar-refractivity contribution in [1.82, 2.24) is 5.32 Å². The fourth-order valence-corrected chi connectivity index (χ4v) is 5.98. The van der Waals surface area contributed by atoms with Crippen LogP contribution in [0.25, 0.3) is 11.1 Å². The fourth-order valence-electron chi connectivity index (χ4n) is 5.98. The molecule has 0 saturated heterocycles. The highest BCUT2D eigenvalue weighted by molar-refractivity contribution is 5.79. The van der Waals surface area contributed by atoms with Crippen molar-refractivity contribution in [2.24, 2.45) is 11.8 Å². The lowest BCUT2D eigenvalue weighted by Crippen LogP contribution is -2.48. The zero-order valence-corrected chi connectivity index (χ0v) is 21.7. The molecule has 2 aromatic carbocycles. The Bertz CT molecular complexity index is 1040. The molecule has 4 rings (SSSR count). The van der Waals surface area contributed by atoms with Gasteiger partial charge >= 0.3 is 12.1 Å². The second kappa shape index (κ2) is 11.7. The second-order valence-corrected chi connectivity index (χ2v) is 11.2. The molecule has 0 spiro atoms. The van der Waals surface area contributed by atoms with E-state index in [-0.39, 0.29) is 18.9 Å². The molecule has 2 aromatic rings. The van der Waals surface area contributed by atoms with Crippen molar-refractivity contribution in [2.45, 2.75) is 82.5 Å². The number of carbonyl (C=O) groups excluding carboxylic acids is 1. The normalized spacial score (nSPS) is 18.4. The Kier molecular flexibility index (Phi) is 8.55. The summed E-state index contributed by atoms with van der Waals surface area (Å²) >= 11 is 0. The van der Waals surface area contributed by atoms with Crippen LogP contribution in [-0.4, -0.2) is 51.7 Å². The number of nitrogens with one attached hydrogen (secondary N) is 1. The third-order valence-corrected chi connectivity index (χ3v) is 8.05. The number of carboxylic acids is 1. The highest BCUT2D eigenvalue weighted by Crippen LogP contribution is 2.44. The first-order valence-corrected chi connectivity index (χ1v) is 13.4. The van der Waals surface area contributed by atoms with Gasteiger partial charge in [-0.3, -0.25) is 4.79 Å². The van der Waals surface area contributed by atoms with Crippen molar-refractivity contribution in [3.63, 3.8) is 0 Å². The van der Waals surface area contributed by atoms with Crippen molar-refractivity contribution in [1.29, 1.82) is 0 Å². The van der Waals surface area contributed by atoms with E-state index in [1.165, 1.54) is 20.3 Å². The molecule has 2 aliphatic rings. The zero-order chi connectivity index (χ0) is 26.6. The van der Waals surface area contributed by atoms with Gasteiger partial charge in [-0.15, -0.1) is 0 Å². The monoisotopic (exact) mass is 509 g/mol. The fraction of sp³-hybridized carbons (Fsp3) is 0.533. The van der Waals surface area contributed by atoms with Crippen LogP contribution in [0.4, 0.5) is 4.79 Å². The lowest BCUT2D eigenvalue weighted by atomic mass is 9.80. The third kappa shape index (κ3) is 6.51. The minimum absolute atomic E-state index is 0.0774. The van der Waals surface area contributed by atoms with Crippen molar-refractivity contribution in [2.75, 3.05) is 6.61 Å². The molecular weight excluding hydrogens is 470 g/mol. The smallest absolute Gasteiger partial charge is 0.407 e.